The topological polar surface area (TPSA) is 88.8 Å². The smallest absolute Gasteiger partial charge is 0.279 e. The molecule has 2 aliphatic heterocycles. The summed E-state index contributed by atoms with van der Waals surface area (Å²) in [6.07, 6.45) is 0. The van der Waals surface area contributed by atoms with Crippen molar-refractivity contribution in [3.8, 4) is 10.9 Å². The Labute approximate surface area is 173 Å². The van der Waals surface area contributed by atoms with Gasteiger partial charge >= 0.3 is 0 Å². The monoisotopic (exact) mass is 430 g/mol. The number of hydrogen-bond donors (Lipinski definition) is 1. The van der Waals surface area contributed by atoms with Gasteiger partial charge in [-0.15, -0.1) is 0 Å². The standard InChI is InChI=1S/C20H22N4O3S2/c21-29(25,26)24-12-15-10-23(11-16(15)13-24)9-14-5-7-17(8-6-14)27-20-22-18-3-1-2-4-19(18)28-20/h1-8,15-16H,9-13H2,(H2,21,25,26). The quantitative estimate of drug-likeness (QED) is 0.672. The third-order valence-electron chi connectivity index (χ3n) is 5.70. The van der Waals surface area contributed by atoms with Gasteiger partial charge in [-0.2, -0.15) is 12.7 Å². The van der Waals surface area contributed by atoms with Crippen LogP contribution in [0.5, 0.6) is 10.9 Å². The van der Waals surface area contributed by atoms with Crippen LogP contribution in [0.4, 0.5) is 0 Å². The highest BCUT2D eigenvalue weighted by Gasteiger charge is 2.42. The molecule has 5 rings (SSSR count). The van der Waals surface area contributed by atoms with Crippen LogP contribution in [0.1, 0.15) is 5.56 Å². The molecule has 29 heavy (non-hydrogen) atoms. The van der Waals surface area contributed by atoms with Crippen molar-refractivity contribution in [2.24, 2.45) is 17.0 Å². The summed E-state index contributed by atoms with van der Waals surface area (Å²) in [5.41, 5.74) is 2.16. The SMILES string of the molecule is NS(=O)(=O)N1CC2CN(Cc3ccc(Oc4nc5ccccc5s4)cc3)CC2C1. The van der Waals surface area contributed by atoms with Crippen molar-refractivity contribution in [2.75, 3.05) is 26.2 Å². The van der Waals surface area contributed by atoms with Gasteiger partial charge in [0.2, 0.25) is 0 Å². The van der Waals surface area contributed by atoms with E-state index in [1.807, 2.05) is 36.4 Å². The molecule has 2 saturated heterocycles. The van der Waals surface area contributed by atoms with Crippen LogP contribution in [0, 0.1) is 11.8 Å². The molecule has 0 spiro atoms. The zero-order valence-electron chi connectivity index (χ0n) is 15.8. The zero-order valence-corrected chi connectivity index (χ0v) is 17.4. The molecule has 0 saturated carbocycles. The van der Waals surface area contributed by atoms with Crippen LogP contribution < -0.4 is 9.88 Å². The van der Waals surface area contributed by atoms with E-state index in [9.17, 15) is 8.42 Å². The molecule has 0 aliphatic carbocycles. The fourth-order valence-corrected chi connectivity index (χ4v) is 5.93. The molecule has 2 fully saturated rings. The number of fused-ring (bicyclic) bond motifs is 2. The van der Waals surface area contributed by atoms with Gasteiger partial charge in [-0.05, 0) is 41.7 Å². The maximum Gasteiger partial charge on any atom is 0.279 e. The van der Waals surface area contributed by atoms with Crippen molar-refractivity contribution in [1.82, 2.24) is 14.2 Å². The number of nitrogens with two attached hydrogens (primary N) is 1. The van der Waals surface area contributed by atoms with Gasteiger partial charge in [-0.25, -0.2) is 10.1 Å². The molecule has 2 N–H and O–H groups in total. The first-order valence-electron chi connectivity index (χ1n) is 9.57. The third kappa shape index (κ3) is 4.01. The summed E-state index contributed by atoms with van der Waals surface area (Å²) in [6, 6.07) is 16.1. The molecule has 7 nitrogen and oxygen atoms in total. The van der Waals surface area contributed by atoms with E-state index in [0.717, 1.165) is 35.6 Å². The highest BCUT2D eigenvalue weighted by molar-refractivity contribution is 7.86. The Morgan fingerprint density at radius 3 is 2.38 bits per heavy atom. The van der Waals surface area contributed by atoms with Gasteiger partial charge in [0, 0.05) is 32.7 Å². The van der Waals surface area contributed by atoms with Gasteiger partial charge in [0.1, 0.15) is 5.75 Å². The summed E-state index contributed by atoms with van der Waals surface area (Å²) in [4.78, 5) is 6.89. The van der Waals surface area contributed by atoms with Crippen molar-refractivity contribution in [3.05, 3.63) is 54.1 Å². The maximum atomic E-state index is 11.5. The minimum absolute atomic E-state index is 0.370. The van der Waals surface area contributed by atoms with E-state index in [1.165, 1.54) is 21.2 Å². The molecular formula is C20H22N4O3S2. The van der Waals surface area contributed by atoms with Gasteiger partial charge in [-0.3, -0.25) is 4.90 Å². The Morgan fingerprint density at radius 2 is 1.72 bits per heavy atom. The molecular weight excluding hydrogens is 408 g/mol. The molecule has 0 bridgehead atoms. The van der Waals surface area contributed by atoms with E-state index < -0.39 is 10.2 Å². The highest BCUT2D eigenvalue weighted by atomic mass is 32.2. The van der Waals surface area contributed by atoms with E-state index in [-0.39, 0.29) is 0 Å². The molecule has 2 aromatic carbocycles. The second-order valence-electron chi connectivity index (χ2n) is 7.77. The van der Waals surface area contributed by atoms with Crippen LogP contribution >= 0.6 is 11.3 Å². The zero-order chi connectivity index (χ0) is 20.0. The molecule has 3 aromatic rings. The van der Waals surface area contributed by atoms with Crippen LogP contribution in [-0.2, 0) is 16.8 Å². The number of nitrogens with zero attached hydrogens (tertiary/aromatic N) is 3. The van der Waals surface area contributed by atoms with Crippen LogP contribution in [0.15, 0.2) is 48.5 Å². The predicted octanol–water partition coefficient (Wildman–Crippen LogP) is 2.66. The van der Waals surface area contributed by atoms with Crippen LogP contribution in [0.3, 0.4) is 0 Å². The number of aromatic nitrogens is 1. The fraction of sp³-hybridized carbons (Fsp3) is 0.350. The first-order chi connectivity index (χ1) is 13.9. The second-order valence-corrected chi connectivity index (χ2v) is 10.3. The number of thiazole rings is 1. The number of rotatable bonds is 5. The lowest BCUT2D eigenvalue weighted by atomic mass is 10.0. The lowest BCUT2D eigenvalue weighted by Crippen LogP contribution is -2.37. The van der Waals surface area contributed by atoms with Crippen molar-refractivity contribution in [1.29, 1.82) is 0 Å². The molecule has 0 radical (unpaired) electrons. The molecule has 1 aromatic heterocycles. The average molecular weight is 431 g/mol. The fourth-order valence-electron chi connectivity index (χ4n) is 4.30. The number of benzene rings is 2. The lowest BCUT2D eigenvalue weighted by molar-refractivity contribution is 0.289. The van der Waals surface area contributed by atoms with Crippen LogP contribution in [0.2, 0.25) is 0 Å². The van der Waals surface area contributed by atoms with Crippen LogP contribution in [0.25, 0.3) is 10.2 Å². The van der Waals surface area contributed by atoms with E-state index in [1.54, 1.807) is 0 Å². The molecule has 2 atom stereocenters. The Hall–Kier alpha value is -2.04. The van der Waals surface area contributed by atoms with Gasteiger partial charge in [0.25, 0.3) is 15.4 Å². The minimum Gasteiger partial charge on any atom is -0.431 e. The molecule has 9 heteroatoms. The number of hydrogen-bond acceptors (Lipinski definition) is 6. The summed E-state index contributed by atoms with van der Waals surface area (Å²) >= 11 is 1.54. The van der Waals surface area contributed by atoms with E-state index >= 15 is 0 Å². The lowest BCUT2D eigenvalue weighted by Gasteiger charge is -2.20. The Bertz CT molecular complexity index is 1080. The van der Waals surface area contributed by atoms with Crippen LogP contribution in [-0.4, -0.2) is 48.8 Å². The summed E-state index contributed by atoms with van der Waals surface area (Å²) in [5.74, 6) is 1.51. The van der Waals surface area contributed by atoms with Crippen molar-refractivity contribution < 1.29 is 13.2 Å². The number of likely N-dealkylation sites (tertiary alicyclic amines) is 1. The van der Waals surface area contributed by atoms with E-state index in [2.05, 4.69) is 22.0 Å². The molecule has 152 valence electrons. The van der Waals surface area contributed by atoms with Crippen molar-refractivity contribution in [2.45, 2.75) is 6.54 Å². The molecule has 2 unspecified atom stereocenters. The van der Waals surface area contributed by atoms with Gasteiger partial charge < -0.3 is 4.74 Å². The third-order valence-corrected chi connectivity index (χ3v) is 7.63. The van der Waals surface area contributed by atoms with Crippen molar-refractivity contribution in [3.63, 3.8) is 0 Å². The molecule has 0 amide bonds. The van der Waals surface area contributed by atoms with Gasteiger partial charge in [0.05, 0.1) is 10.2 Å². The Balaban J connectivity index is 1.19. The van der Waals surface area contributed by atoms with E-state index in [0.29, 0.717) is 30.1 Å². The summed E-state index contributed by atoms with van der Waals surface area (Å²) < 4.78 is 31.5. The maximum absolute atomic E-state index is 11.5. The largest absolute Gasteiger partial charge is 0.431 e. The molecule has 3 heterocycles. The second kappa shape index (κ2) is 7.33. The first-order valence-corrected chi connectivity index (χ1v) is 11.9. The predicted molar refractivity (Wildman–Crippen MR) is 113 cm³/mol. The van der Waals surface area contributed by atoms with Gasteiger partial charge in [0.15, 0.2) is 0 Å². The van der Waals surface area contributed by atoms with E-state index in [4.69, 9.17) is 9.88 Å². The first kappa shape index (κ1) is 19.0. The number of ether oxygens (including phenoxy) is 1. The summed E-state index contributed by atoms with van der Waals surface area (Å²) in [5, 5.41) is 5.91. The average Bonchev–Trinajstić information content (AvgIpc) is 3.35. The summed E-state index contributed by atoms with van der Waals surface area (Å²) in [6.45, 7) is 3.73. The Morgan fingerprint density at radius 1 is 1.03 bits per heavy atom. The Kier molecular flexibility index (Phi) is 4.79. The van der Waals surface area contributed by atoms with Gasteiger partial charge in [-0.1, -0.05) is 35.6 Å². The normalized spacial score (nSPS) is 22.9. The number of para-hydroxylation sites is 1. The highest BCUT2D eigenvalue weighted by Crippen LogP contribution is 2.33. The minimum atomic E-state index is -3.56. The summed E-state index contributed by atoms with van der Waals surface area (Å²) in [7, 11) is -3.56. The van der Waals surface area contributed by atoms with Crippen molar-refractivity contribution >= 4 is 31.8 Å². The molecule has 2 aliphatic rings.